The third kappa shape index (κ3) is 8.57. The first-order valence-electron chi connectivity index (χ1n) is 23.4. The minimum absolute atomic E-state index is 0.00760. The summed E-state index contributed by atoms with van der Waals surface area (Å²) in [6.07, 6.45) is 1.83. The molecule has 11 rings (SSSR count). The Hall–Kier alpha value is -1.89. The van der Waals surface area contributed by atoms with Crippen LogP contribution in [0.1, 0.15) is 110 Å². The van der Waals surface area contributed by atoms with Crippen molar-refractivity contribution in [2.45, 2.75) is 201 Å². The summed E-state index contributed by atoms with van der Waals surface area (Å²) in [5, 5.41) is 36.5. The summed E-state index contributed by atoms with van der Waals surface area (Å²) in [6, 6.07) is 0. The maximum atomic E-state index is 14.4. The lowest BCUT2D eigenvalue weighted by Gasteiger charge is -2.62. The number of fused-ring (bicyclic) bond motifs is 7. The van der Waals surface area contributed by atoms with Crippen LogP contribution in [0.15, 0.2) is 17.1 Å². The molecular weight excluding hydrogens is 789 g/mol. The smallest absolute Gasteiger partial charge is 0.222 e. The van der Waals surface area contributed by atoms with Crippen molar-refractivity contribution in [2.24, 2.45) is 34.6 Å². The molecule has 1 amide bonds. The molecule has 10 aliphatic heterocycles. The molecule has 0 aromatic heterocycles. The van der Waals surface area contributed by atoms with Crippen molar-refractivity contribution >= 4 is 17.4 Å². The predicted molar refractivity (Wildman–Crippen MR) is 219 cm³/mol. The van der Waals surface area contributed by atoms with E-state index < -0.39 is 66.4 Å². The van der Waals surface area contributed by atoms with E-state index >= 15 is 0 Å². The average Bonchev–Trinajstić information content (AvgIpc) is 3.74. The predicted octanol–water partition coefficient (Wildman–Crippen LogP) is 3.32. The molecule has 8 fully saturated rings. The molecule has 7 saturated heterocycles. The molecule has 15 heteroatoms. The van der Waals surface area contributed by atoms with Gasteiger partial charge in [-0.05, 0) is 74.7 Å². The number of aliphatic imine (C=N–C) groups is 1. The lowest BCUT2D eigenvalue weighted by Crippen LogP contribution is -2.73. The van der Waals surface area contributed by atoms with Gasteiger partial charge in [0.1, 0.15) is 18.0 Å². The van der Waals surface area contributed by atoms with E-state index in [-0.39, 0.29) is 111 Å². The van der Waals surface area contributed by atoms with Gasteiger partial charge in [-0.2, -0.15) is 0 Å². The number of ether oxygens (including phenoxy) is 8. The third-order valence-electron chi connectivity index (χ3n) is 16.2. The van der Waals surface area contributed by atoms with Crippen molar-refractivity contribution in [3.8, 4) is 0 Å². The van der Waals surface area contributed by atoms with E-state index in [0.717, 1.165) is 37.0 Å². The molecule has 4 N–H and O–H groups in total. The number of aliphatic hydroxyl groups is 3. The number of aliphatic hydroxyl groups excluding tert-OH is 2. The Morgan fingerprint density at radius 3 is 2.52 bits per heavy atom. The topological polar surface area (TPSA) is 193 Å². The molecule has 0 aromatic carbocycles. The van der Waals surface area contributed by atoms with Crippen LogP contribution in [0.5, 0.6) is 0 Å². The van der Waals surface area contributed by atoms with Gasteiger partial charge in [0, 0.05) is 83.3 Å². The zero-order chi connectivity index (χ0) is 42.8. The van der Waals surface area contributed by atoms with Crippen LogP contribution in [0, 0.1) is 29.6 Å². The van der Waals surface area contributed by atoms with E-state index in [9.17, 15) is 24.9 Å². The van der Waals surface area contributed by atoms with Crippen LogP contribution >= 0.6 is 0 Å². The number of carbonyl (C=O) groups excluding carboxylic acids is 2. The molecule has 1 spiro atoms. The number of amides is 1. The molecule has 20 atom stereocenters. The van der Waals surface area contributed by atoms with E-state index in [1.54, 1.807) is 14.2 Å². The number of methoxy groups -OCH3 is 2. The monoisotopic (exact) mass is 858 g/mol. The van der Waals surface area contributed by atoms with Crippen LogP contribution in [-0.2, 0) is 47.5 Å². The summed E-state index contributed by atoms with van der Waals surface area (Å²) in [5.41, 5.74) is 0.537. The molecule has 1 unspecified atom stereocenters. The van der Waals surface area contributed by atoms with Gasteiger partial charge in [0.25, 0.3) is 0 Å². The maximum Gasteiger partial charge on any atom is 0.222 e. The Labute approximate surface area is 359 Å². The number of Topliss-reactive ketones (excluding diaryl/α,β-unsaturated/α-hetero) is 1. The SMILES string of the molecule is C=C1C[C@@H]2CC[C@@]3(O)CC(O)[C@H](C)[C@@H]4C[C@@H]5[C@H]4O[C@H]4CC[C@@H]6CC(=O)C[C@@H]7[C@@H](OC)[C@@H](C[C@@H](CNC(=O)CCO)OC)O[C@H]7C[C@H]7O[C@@H](CC[C@@H]1O2)C[C@@H](C)/C7=N/[C@@]4(O6)[C@@H]5O3. The van der Waals surface area contributed by atoms with Crippen molar-refractivity contribution in [1.82, 2.24) is 5.32 Å². The fourth-order valence-electron chi connectivity index (χ4n) is 12.8. The first-order valence-corrected chi connectivity index (χ1v) is 23.4. The van der Waals surface area contributed by atoms with Gasteiger partial charge < -0.3 is 58.5 Å². The molecule has 342 valence electrons. The van der Waals surface area contributed by atoms with Crippen LogP contribution in [0.25, 0.3) is 0 Å². The van der Waals surface area contributed by atoms with Gasteiger partial charge in [0.2, 0.25) is 11.6 Å². The molecule has 0 aromatic rings. The first-order chi connectivity index (χ1) is 29.3. The standard InChI is InChI=1S/C46H70N2O13/c1-23-14-28-10-12-45(53)21-34(51)25(3)31-19-33-42(31)59-39-9-7-29-16-26(50)17-32-36(58-38(43(32)55-5)18-30(54-4)22-47-40(52)11-13-49)20-37-41(48-46(39,60-29)44(33)61-45)24(2)15-27(57-37)6-8-35(23)56-28/h24-25,27-39,42-44,49,51,53H,1,6-22H2,2-5H3,(H,47,52)/b48-41-/t24-,25-,27+,28+,29-,30+,31+,32+,33-,34?,35+,36+,37-,38-,39+,42+,43-,44-,45+,46+/m1/s1. The van der Waals surface area contributed by atoms with Crippen LogP contribution < -0.4 is 5.32 Å². The molecule has 12 bridgehead atoms. The number of ketones is 1. The molecular formula is C46H70N2O13. The first kappa shape index (κ1) is 44.3. The van der Waals surface area contributed by atoms with Crippen LogP contribution in [0.4, 0.5) is 0 Å². The van der Waals surface area contributed by atoms with Gasteiger partial charge in [-0.15, -0.1) is 0 Å². The molecule has 10 heterocycles. The van der Waals surface area contributed by atoms with E-state index in [1.165, 1.54) is 0 Å². The largest absolute Gasteiger partial charge is 0.396 e. The molecule has 61 heavy (non-hydrogen) atoms. The highest BCUT2D eigenvalue weighted by atomic mass is 16.7. The zero-order valence-corrected chi connectivity index (χ0v) is 36.5. The summed E-state index contributed by atoms with van der Waals surface area (Å²) < 4.78 is 54.4. The number of nitrogens with zero attached hydrogens (tertiary/aromatic N) is 1. The summed E-state index contributed by atoms with van der Waals surface area (Å²) in [5.74, 6) is -2.37. The summed E-state index contributed by atoms with van der Waals surface area (Å²) in [4.78, 5) is 32.4. The molecule has 1 saturated carbocycles. The lowest BCUT2D eigenvalue weighted by atomic mass is 9.59. The summed E-state index contributed by atoms with van der Waals surface area (Å²) in [6.45, 7) is 8.68. The zero-order valence-electron chi connectivity index (χ0n) is 36.5. The Balaban J connectivity index is 1.12. The van der Waals surface area contributed by atoms with Crippen molar-refractivity contribution in [1.29, 1.82) is 0 Å². The molecule has 1 aliphatic carbocycles. The van der Waals surface area contributed by atoms with E-state index in [4.69, 9.17) is 42.9 Å². The van der Waals surface area contributed by atoms with E-state index in [1.807, 2.05) is 0 Å². The van der Waals surface area contributed by atoms with Crippen LogP contribution in [0.2, 0.25) is 0 Å². The number of rotatable bonds is 8. The fraction of sp³-hybridized carbons (Fsp3) is 0.891. The van der Waals surface area contributed by atoms with Gasteiger partial charge in [-0.1, -0.05) is 20.4 Å². The van der Waals surface area contributed by atoms with Crippen molar-refractivity contribution in [3.63, 3.8) is 0 Å². The Morgan fingerprint density at radius 1 is 0.934 bits per heavy atom. The maximum absolute atomic E-state index is 14.4. The van der Waals surface area contributed by atoms with Gasteiger partial charge in [0.05, 0.1) is 73.8 Å². The highest BCUT2D eigenvalue weighted by molar-refractivity contribution is 5.92. The van der Waals surface area contributed by atoms with Crippen molar-refractivity contribution in [3.05, 3.63) is 12.2 Å². The van der Waals surface area contributed by atoms with Gasteiger partial charge in [-0.25, -0.2) is 0 Å². The normalized spacial score (nSPS) is 49.7. The average molecular weight is 859 g/mol. The third-order valence-corrected chi connectivity index (χ3v) is 16.2. The number of hydrogen-bond acceptors (Lipinski definition) is 14. The van der Waals surface area contributed by atoms with Gasteiger partial charge in [-0.3, -0.25) is 14.6 Å². The highest BCUT2D eigenvalue weighted by Gasteiger charge is 2.68. The van der Waals surface area contributed by atoms with Gasteiger partial charge >= 0.3 is 0 Å². The van der Waals surface area contributed by atoms with E-state index in [2.05, 4.69) is 25.7 Å². The minimum atomic E-state index is -1.69. The van der Waals surface area contributed by atoms with Crippen LogP contribution in [0.3, 0.4) is 0 Å². The summed E-state index contributed by atoms with van der Waals surface area (Å²) >= 11 is 0. The second-order valence-electron chi connectivity index (χ2n) is 20.1. The quantitative estimate of drug-likeness (QED) is 0.260. The Kier molecular flexibility index (Phi) is 13.0. The number of hydrogen-bond donors (Lipinski definition) is 4. The van der Waals surface area contributed by atoms with Crippen molar-refractivity contribution < 1.29 is 62.8 Å². The molecule has 15 nitrogen and oxygen atoms in total. The van der Waals surface area contributed by atoms with Crippen molar-refractivity contribution in [2.75, 3.05) is 27.4 Å². The lowest BCUT2D eigenvalue weighted by molar-refractivity contribution is -0.373. The number of nitrogens with one attached hydrogen (secondary N) is 1. The van der Waals surface area contributed by atoms with E-state index in [0.29, 0.717) is 38.5 Å². The fourth-order valence-corrected chi connectivity index (χ4v) is 12.8. The minimum Gasteiger partial charge on any atom is -0.396 e. The second kappa shape index (κ2) is 17.8. The summed E-state index contributed by atoms with van der Waals surface area (Å²) in [7, 11) is 3.25. The van der Waals surface area contributed by atoms with Crippen LogP contribution in [-0.4, -0.2) is 151 Å². The van der Waals surface area contributed by atoms with Gasteiger partial charge in [0.15, 0.2) is 5.79 Å². The molecule has 0 radical (unpaired) electrons. The number of carbonyl (C=O) groups is 2. The highest BCUT2D eigenvalue weighted by Crippen LogP contribution is 2.58. The Morgan fingerprint density at radius 2 is 1.74 bits per heavy atom. The Bertz CT molecular complexity index is 1660. The molecule has 11 aliphatic rings. The second-order valence-corrected chi connectivity index (χ2v) is 20.1.